The van der Waals surface area contributed by atoms with Crippen molar-refractivity contribution in [1.29, 1.82) is 0 Å². The number of rotatable bonds is 6. The largest absolute Gasteiger partial charge is 0.412 e. The van der Waals surface area contributed by atoms with E-state index in [1.54, 1.807) is 18.5 Å². The van der Waals surface area contributed by atoms with Crippen LogP contribution in [0.3, 0.4) is 0 Å². The van der Waals surface area contributed by atoms with Gasteiger partial charge in [-0.2, -0.15) is 0 Å². The summed E-state index contributed by atoms with van der Waals surface area (Å²) >= 11 is 0. The lowest BCUT2D eigenvalue weighted by atomic mass is 10.2. The number of benzene rings is 2. The van der Waals surface area contributed by atoms with Crippen molar-refractivity contribution in [2.45, 2.75) is 19.4 Å². The number of unbranched alkanes of at least 4 members (excludes halogenated alkanes) is 1. The predicted molar refractivity (Wildman–Crippen MR) is 109 cm³/mol. The number of carbonyl (C=O) groups excluding carboxylic acids is 1. The van der Waals surface area contributed by atoms with Crippen LogP contribution in [0, 0.1) is 0 Å². The quantitative estimate of drug-likeness (QED) is 0.501. The van der Waals surface area contributed by atoms with Crippen molar-refractivity contribution in [3.05, 3.63) is 60.9 Å². The van der Waals surface area contributed by atoms with Crippen molar-refractivity contribution < 1.29 is 9.53 Å². The van der Waals surface area contributed by atoms with E-state index in [1.165, 1.54) is 0 Å². The third kappa shape index (κ3) is 3.73. The molecule has 0 spiro atoms. The molecule has 2 aromatic heterocycles. The number of pyridine rings is 1. The van der Waals surface area contributed by atoms with E-state index in [4.69, 9.17) is 10.5 Å². The average molecular weight is 375 g/mol. The van der Waals surface area contributed by atoms with E-state index >= 15 is 0 Å². The number of ether oxygens (including phenoxy) is 1. The van der Waals surface area contributed by atoms with Crippen LogP contribution in [0.4, 0.5) is 10.6 Å². The molecule has 3 N–H and O–H groups in total. The van der Waals surface area contributed by atoms with Crippen LogP contribution in [0.1, 0.15) is 12.8 Å². The highest BCUT2D eigenvalue weighted by atomic mass is 16.5. The maximum absolute atomic E-state index is 11.8. The number of aryl methyl sites for hydroxylation is 1. The number of imidazole rings is 1. The molecule has 7 nitrogen and oxygen atoms in total. The van der Waals surface area contributed by atoms with Crippen molar-refractivity contribution in [3.63, 3.8) is 0 Å². The van der Waals surface area contributed by atoms with Gasteiger partial charge >= 0.3 is 6.09 Å². The van der Waals surface area contributed by atoms with E-state index < -0.39 is 6.09 Å². The molecular formula is C21H21N5O2. The van der Waals surface area contributed by atoms with E-state index in [1.807, 2.05) is 42.5 Å². The van der Waals surface area contributed by atoms with Gasteiger partial charge in [0.15, 0.2) is 5.82 Å². The topological polar surface area (TPSA) is 95.1 Å². The summed E-state index contributed by atoms with van der Waals surface area (Å²) in [5.41, 5.74) is 8.65. The third-order valence-corrected chi connectivity index (χ3v) is 4.53. The highest BCUT2D eigenvalue weighted by Crippen LogP contribution is 2.27. The molecule has 0 aliphatic heterocycles. The number of carbonyl (C=O) groups is 1. The SMILES string of the molecule is Nc1nc2ccccc2c2c1ncn2CCCCNC(=O)Oc1ccccc1. The average Bonchev–Trinajstić information content (AvgIpc) is 3.13. The monoisotopic (exact) mass is 375 g/mol. The normalized spacial score (nSPS) is 11.0. The van der Waals surface area contributed by atoms with Gasteiger partial charge in [-0.15, -0.1) is 0 Å². The molecule has 0 atom stereocenters. The maximum atomic E-state index is 11.8. The molecule has 0 saturated carbocycles. The van der Waals surface area contributed by atoms with E-state index in [0.717, 1.165) is 41.3 Å². The Hall–Kier alpha value is -3.61. The summed E-state index contributed by atoms with van der Waals surface area (Å²) in [5.74, 6) is 0.973. The summed E-state index contributed by atoms with van der Waals surface area (Å²) in [6.45, 7) is 1.32. The summed E-state index contributed by atoms with van der Waals surface area (Å²) in [6.07, 6.45) is 3.06. The van der Waals surface area contributed by atoms with Crippen LogP contribution in [0.2, 0.25) is 0 Å². The lowest BCUT2D eigenvalue weighted by molar-refractivity contribution is 0.200. The second-order valence-corrected chi connectivity index (χ2v) is 6.49. The van der Waals surface area contributed by atoms with Crippen LogP contribution in [-0.2, 0) is 6.54 Å². The van der Waals surface area contributed by atoms with Crippen LogP contribution in [-0.4, -0.2) is 27.2 Å². The molecule has 2 heterocycles. The first-order chi connectivity index (χ1) is 13.7. The van der Waals surface area contributed by atoms with Gasteiger partial charge in [-0.1, -0.05) is 36.4 Å². The van der Waals surface area contributed by atoms with E-state index in [9.17, 15) is 4.79 Å². The zero-order chi connectivity index (χ0) is 19.3. The summed E-state index contributed by atoms with van der Waals surface area (Å²) in [5, 5.41) is 3.81. The van der Waals surface area contributed by atoms with E-state index in [-0.39, 0.29) is 0 Å². The Morgan fingerprint density at radius 2 is 1.86 bits per heavy atom. The molecule has 0 bridgehead atoms. The second kappa shape index (κ2) is 7.96. The minimum absolute atomic E-state index is 0.441. The predicted octanol–water partition coefficient (Wildman–Crippen LogP) is 3.74. The molecule has 2 aromatic carbocycles. The summed E-state index contributed by atoms with van der Waals surface area (Å²) in [4.78, 5) is 20.6. The van der Waals surface area contributed by atoms with Gasteiger partial charge in [-0.3, -0.25) is 0 Å². The molecule has 4 rings (SSSR count). The highest BCUT2D eigenvalue weighted by Gasteiger charge is 2.11. The Balaban J connectivity index is 1.34. The van der Waals surface area contributed by atoms with E-state index in [2.05, 4.69) is 19.9 Å². The molecule has 28 heavy (non-hydrogen) atoms. The van der Waals surface area contributed by atoms with Crippen molar-refractivity contribution in [1.82, 2.24) is 19.9 Å². The first kappa shape index (κ1) is 17.8. The Morgan fingerprint density at radius 1 is 1.07 bits per heavy atom. The van der Waals surface area contributed by atoms with Crippen LogP contribution in [0.25, 0.3) is 21.9 Å². The lowest BCUT2D eigenvalue weighted by Crippen LogP contribution is -2.27. The Kier molecular flexibility index (Phi) is 5.05. The number of hydrogen-bond acceptors (Lipinski definition) is 5. The molecule has 0 aliphatic carbocycles. The number of fused-ring (bicyclic) bond motifs is 3. The maximum Gasteiger partial charge on any atom is 0.412 e. The van der Waals surface area contributed by atoms with Gasteiger partial charge in [-0.25, -0.2) is 14.8 Å². The zero-order valence-corrected chi connectivity index (χ0v) is 15.3. The Morgan fingerprint density at radius 3 is 2.71 bits per heavy atom. The molecule has 1 amide bonds. The van der Waals surface area contributed by atoms with Gasteiger partial charge in [0.1, 0.15) is 11.3 Å². The number of nitrogen functional groups attached to an aromatic ring is 1. The Labute approximate surface area is 162 Å². The smallest absolute Gasteiger partial charge is 0.410 e. The van der Waals surface area contributed by atoms with Crippen LogP contribution >= 0.6 is 0 Å². The number of nitrogens with one attached hydrogen (secondary N) is 1. The van der Waals surface area contributed by atoms with E-state index in [0.29, 0.717) is 18.1 Å². The molecule has 0 unspecified atom stereocenters. The Bertz CT molecular complexity index is 1110. The molecule has 0 saturated heterocycles. The first-order valence-corrected chi connectivity index (χ1v) is 9.22. The third-order valence-electron chi connectivity index (χ3n) is 4.53. The molecular weight excluding hydrogens is 354 g/mol. The molecule has 142 valence electrons. The van der Waals surface area contributed by atoms with Gasteiger partial charge in [-0.05, 0) is 31.0 Å². The lowest BCUT2D eigenvalue weighted by Gasteiger charge is -2.09. The molecule has 0 radical (unpaired) electrons. The van der Waals surface area contributed by atoms with Crippen molar-refractivity contribution in [2.24, 2.45) is 0 Å². The molecule has 7 heteroatoms. The fourth-order valence-corrected chi connectivity index (χ4v) is 3.20. The minimum Gasteiger partial charge on any atom is -0.410 e. The molecule has 0 fully saturated rings. The van der Waals surface area contributed by atoms with Crippen molar-refractivity contribution in [3.8, 4) is 5.75 Å². The first-order valence-electron chi connectivity index (χ1n) is 9.22. The van der Waals surface area contributed by atoms with Gasteiger partial charge in [0.25, 0.3) is 0 Å². The van der Waals surface area contributed by atoms with Crippen LogP contribution in [0.5, 0.6) is 5.75 Å². The number of amides is 1. The number of anilines is 1. The zero-order valence-electron chi connectivity index (χ0n) is 15.3. The minimum atomic E-state index is -0.441. The number of hydrogen-bond donors (Lipinski definition) is 2. The van der Waals surface area contributed by atoms with Crippen molar-refractivity contribution >= 4 is 33.8 Å². The highest BCUT2D eigenvalue weighted by molar-refractivity contribution is 6.06. The number of aromatic nitrogens is 3. The van der Waals surface area contributed by atoms with Gasteiger partial charge in [0, 0.05) is 18.5 Å². The number of nitrogens with two attached hydrogens (primary N) is 1. The van der Waals surface area contributed by atoms with Gasteiger partial charge in [0.05, 0.1) is 17.4 Å². The number of para-hydroxylation sites is 2. The molecule has 4 aromatic rings. The fraction of sp³-hybridized carbons (Fsp3) is 0.190. The summed E-state index contributed by atoms with van der Waals surface area (Å²) in [7, 11) is 0. The van der Waals surface area contributed by atoms with Crippen LogP contribution < -0.4 is 15.8 Å². The summed E-state index contributed by atoms with van der Waals surface area (Å²) < 4.78 is 7.29. The summed E-state index contributed by atoms with van der Waals surface area (Å²) in [6, 6.07) is 16.9. The van der Waals surface area contributed by atoms with Gasteiger partial charge < -0.3 is 20.4 Å². The standard InChI is InChI=1S/C21H21N5O2/c22-20-18-19(16-10-4-5-11-17(16)25-20)26(14-24-18)13-7-6-12-23-21(27)28-15-8-2-1-3-9-15/h1-5,8-11,14H,6-7,12-13H2,(H2,22,25)(H,23,27). The molecule has 0 aliphatic rings. The van der Waals surface area contributed by atoms with Gasteiger partial charge in [0.2, 0.25) is 0 Å². The fourth-order valence-electron chi connectivity index (χ4n) is 3.20. The van der Waals surface area contributed by atoms with Crippen molar-refractivity contribution in [2.75, 3.05) is 12.3 Å². The number of nitrogens with zero attached hydrogens (tertiary/aromatic N) is 3. The van der Waals surface area contributed by atoms with Crippen LogP contribution in [0.15, 0.2) is 60.9 Å². The second-order valence-electron chi connectivity index (χ2n) is 6.49.